The van der Waals surface area contributed by atoms with Crippen LogP contribution in [0, 0.1) is 5.82 Å². The van der Waals surface area contributed by atoms with Crippen molar-refractivity contribution >= 4 is 17.3 Å². The zero-order chi connectivity index (χ0) is 22.0. The molecule has 2 aliphatic heterocycles. The summed E-state index contributed by atoms with van der Waals surface area (Å²) in [4.78, 5) is 4.68. The molecule has 2 fully saturated rings. The summed E-state index contributed by atoms with van der Waals surface area (Å²) in [5, 5.41) is 0.281. The maximum atomic E-state index is 13.3. The van der Waals surface area contributed by atoms with Gasteiger partial charge in [-0.3, -0.25) is 0 Å². The van der Waals surface area contributed by atoms with Crippen LogP contribution in [0.25, 0.3) is 0 Å². The van der Waals surface area contributed by atoms with Gasteiger partial charge < -0.3 is 24.0 Å². The maximum Gasteiger partial charge on any atom is 0.194 e. The smallest absolute Gasteiger partial charge is 0.194 e. The third-order valence-corrected chi connectivity index (χ3v) is 6.13. The van der Waals surface area contributed by atoms with E-state index < -0.39 is 11.6 Å². The monoisotopic (exact) mass is 446 g/mol. The van der Waals surface area contributed by atoms with Crippen LogP contribution in [0.15, 0.2) is 54.7 Å². The van der Waals surface area contributed by atoms with Crippen LogP contribution in [-0.4, -0.2) is 50.4 Å². The van der Waals surface area contributed by atoms with E-state index in [9.17, 15) is 4.39 Å². The van der Waals surface area contributed by atoms with E-state index in [1.165, 1.54) is 17.8 Å². The molecule has 0 aliphatic carbocycles. The zero-order valence-electron chi connectivity index (χ0n) is 17.9. The summed E-state index contributed by atoms with van der Waals surface area (Å²) in [5.74, 6) is -0.632. The average molecular weight is 447 g/mol. The first-order valence-electron chi connectivity index (χ1n) is 10.5. The van der Waals surface area contributed by atoms with E-state index in [0.29, 0.717) is 18.8 Å². The molecule has 2 heterocycles. The average Bonchev–Trinajstić information content (AvgIpc) is 3.14. The Kier molecular flexibility index (Phi) is 6.42. The largest absolute Gasteiger partial charge is 0.491 e. The minimum atomic E-state index is -1.02. The van der Waals surface area contributed by atoms with Crippen molar-refractivity contribution in [1.29, 1.82) is 0 Å². The van der Waals surface area contributed by atoms with Crippen LogP contribution < -0.4 is 9.64 Å². The van der Waals surface area contributed by atoms with Crippen molar-refractivity contribution in [1.82, 2.24) is 4.90 Å². The van der Waals surface area contributed by atoms with Crippen molar-refractivity contribution in [3.63, 3.8) is 0 Å². The van der Waals surface area contributed by atoms with E-state index in [-0.39, 0.29) is 11.1 Å². The number of piperazine rings is 1. The molecular weight excluding hydrogens is 419 g/mol. The summed E-state index contributed by atoms with van der Waals surface area (Å²) < 4.78 is 31.2. The molecule has 2 aromatic carbocycles. The Hall–Kier alpha value is -2.28. The molecule has 2 atom stereocenters. The highest BCUT2D eigenvalue weighted by atomic mass is 35.5. The molecule has 166 valence electrons. The van der Waals surface area contributed by atoms with Crippen LogP contribution in [-0.2, 0) is 15.3 Å². The first kappa shape index (κ1) is 21.9. The number of ether oxygens (including phenoxy) is 3. The number of hydrogen-bond donors (Lipinski definition) is 0. The second-order valence-electron chi connectivity index (χ2n) is 8.14. The lowest BCUT2D eigenvalue weighted by atomic mass is 10.1. The van der Waals surface area contributed by atoms with Gasteiger partial charge in [0.05, 0.1) is 11.6 Å². The minimum Gasteiger partial charge on any atom is -0.491 e. The Morgan fingerprint density at radius 1 is 1.19 bits per heavy atom. The van der Waals surface area contributed by atoms with E-state index in [0.717, 1.165) is 37.6 Å². The Labute approximate surface area is 187 Å². The zero-order valence-corrected chi connectivity index (χ0v) is 18.7. The SMILES string of the molecule is C=C(C)N1CCN(c2ccc(OCC3COC(C)(c4ccc(F)cc4Cl)O3)cc2)CC1. The molecular formula is C24H28ClFN2O3. The third-order valence-electron chi connectivity index (χ3n) is 5.81. The first-order chi connectivity index (χ1) is 14.8. The van der Waals surface area contributed by atoms with Gasteiger partial charge in [-0.05, 0) is 56.3 Å². The number of rotatable bonds is 6. The second-order valence-corrected chi connectivity index (χ2v) is 8.54. The molecule has 0 amide bonds. The first-order valence-corrected chi connectivity index (χ1v) is 10.9. The number of benzene rings is 2. The number of nitrogens with zero attached hydrogens (tertiary/aromatic N) is 2. The van der Waals surface area contributed by atoms with Crippen molar-refractivity contribution in [2.45, 2.75) is 25.7 Å². The van der Waals surface area contributed by atoms with Crippen molar-refractivity contribution < 1.29 is 18.6 Å². The summed E-state index contributed by atoms with van der Waals surface area (Å²) in [7, 11) is 0. The predicted octanol–water partition coefficient (Wildman–Crippen LogP) is 4.80. The van der Waals surface area contributed by atoms with Crippen molar-refractivity contribution in [2.75, 3.05) is 44.3 Å². The minimum absolute atomic E-state index is 0.249. The standard InChI is InChI=1S/C24H28ClFN2O3/c1-17(2)27-10-12-28(13-11-27)19-5-7-20(8-6-19)29-15-21-16-30-24(3,31-21)22-9-4-18(26)14-23(22)25/h4-9,14,21H,1,10-13,15-16H2,2-3H3. The van der Waals surface area contributed by atoms with Crippen LogP contribution >= 0.6 is 11.6 Å². The fourth-order valence-corrected chi connectivity index (χ4v) is 4.35. The van der Waals surface area contributed by atoms with E-state index in [4.69, 9.17) is 25.8 Å². The van der Waals surface area contributed by atoms with Crippen LogP contribution in [0.2, 0.25) is 5.02 Å². The van der Waals surface area contributed by atoms with E-state index in [1.807, 2.05) is 12.1 Å². The quantitative estimate of drug-likeness (QED) is 0.636. The summed E-state index contributed by atoms with van der Waals surface area (Å²) in [5.41, 5.74) is 2.92. The van der Waals surface area contributed by atoms with Gasteiger partial charge in [0.15, 0.2) is 5.79 Å². The van der Waals surface area contributed by atoms with Crippen LogP contribution in [0.4, 0.5) is 10.1 Å². The fraction of sp³-hybridized carbons (Fsp3) is 0.417. The van der Waals surface area contributed by atoms with Gasteiger partial charge in [0, 0.05) is 43.1 Å². The van der Waals surface area contributed by atoms with Crippen molar-refractivity contribution in [3.05, 3.63) is 71.1 Å². The Bertz CT molecular complexity index is 931. The topological polar surface area (TPSA) is 34.2 Å². The lowest BCUT2D eigenvalue weighted by Gasteiger charge is -2.37. The molecule has 2 aliphatic rings. The molecule has 0 aromatic heterocycles. The van der Waals surface area contributed by atoms with Gasteiger partial charge in [-0.15, -0.1) is 0 Å². The maximum absolute atomic E-state index is 13.3. The highest BCUT2D eigenvalue weighted by molar-refractivity contribution is 6.31. The van der Waals surface area contributed by atoms with E-state index in [2.05, 4.69) is 35.4 Å². The third kappa shape index (κ3) is 4.97. The number of hydrogen-bond acceptors (Lipinski definition) is 5. The van der Waals surface area contributed by atoms with Gasteiger partial charge in [0.2, 0.25) is 0 Å². The molecule has 0 saturated carbocycles. The Morgan fingerprint density at radius 3 is 2.55 bits per heavy atom. The van der Waals surface area contributed by atoms with Gasteiger partial charge in [-0.25, -0.2) is 4.39 Å². The molecule has 4 rings (SSSR count). The molecule has 7 heteroatoms. The molecule has 2 unspecified atom stereocenters. The number of allylic oxidation sites excluding steroid dienone is 1. The summed E-state index contributed by atoms with van der Waals surface area (Å²) >= 11 is 6.18. The number of halogens is 2. The molecule has 0 spiro atoms. The van der Waals surface area contributed by atoms with Crippen LogP contribution in [0.5, 0.6) is 5.75 Å². The van der Waals surface area contributed by atoms with E-state index >= 15 is 0 Å². The van der Waals surface area contributed by atoms with E-state index in [1.54, 1.807) is 13.0 Å². The lowest BCUT2D eigenvalue weighted by molar-refractivity contribution is -0.164. The Morgan fingerprint density at radius 2 is 1.90 bits per heavy atom. The fourth-order valence-electron chi connectivity index (χ4n) is 4.01. The number of anilines is 1. The molecule has 2 aromatic rings. The normalized spacial score (nSPS) is 23.8. The summed E-state index contributed by atoms with van der Waals surface area (Å²) in [6, 6.07) is 12.3. The van der Waals surface area contributed by atoms with Gasteiger partial charge in [0.25, 0.3) is 0 Å². The van der Waals surface area contributed by atoms with Gasteiger partial charge in [-0.2, -0.15) is 0 Å². The van der Waals surface area contributed by atoms with Crippen molar-refractivity contribution in [2.24, 2.45) is 0 Å². The van der Waals surface area contributed by atoms with Gasteiger partial charge in [-0.1, -0.05) is 18.2 Å². The highest BCUT2D eigenvalue weighted by Crippen LogP contribution is 2.38. The molecule has 0 N–H and O–H groups in total. The highest BCUT2D eigenvalue weighted by Gasteiger charge is 2.40. The lowest BCUT2D eigenvalue weighted by Crippen LogP contribution is -2.45. The molecule has 31 heavy (non-hydrogen) atoms. The predicted molar refractivity (Wildman–Crippen MR) is 120 cm³/mol. The Balaban J connectivity index is 1.30. The van der Waals surface area contributed by atoms with Crippen LogP contribution in [0.3, 0.4) is 0 Å². The van der Waals surface area contributed by atoms with Gasteiger partial charge in [0.1, 0.15) is 24.3 Å². The molecule has 0 bridgehead atoms. The van der Waals surface area contributed by atoms with Crippen molar-refractivity contribution in [3.8, 4) is 5.75 Å². The van der Waals surface area contributed by atoms with Gasteiger partial charge >= 0.3 is 0 Å². The van der Waals surface area contributed by atoms with Crippen LogP contribution in [0.1, 0.15) is 19.4 Å². The molecule has 0 radical (unpaired) electrons. The second kappa shape index (κ2) is 9.07. The summed E-state index contributed by atoms with van der Waals surface area (Å²) in [6.45, 7) is 12.5. The molecule has 5 nitrogen and oxygen atoms in total. The summed E-state index contributed by atoms with van der Waals surface area (Å²) in [6.07, 6.45) is -0.249. The molecule has 2 saturated heterocycles.